The molecule has 0 aromatic heterocycles. The van der Waals surface area contributed by atoms with Crippen LogP contribution in [0.2, 0.25) is 0 Å². The second-order valence-corrected chi connectivity index (χ2v) is 13.0. The summed E-state index contributed by atoms with van der Waals surface area (Å²) in [5, 5.41) is 0. The van der Waals surface area contributed by atoms with E-state index in [-0.39, 0.29) is 31.2 Å². The van der Waals surface area contributed by atoms with E-state index in [9.17, 15) is 9.59 Å². The Morgan fingerprint density at radius 2 is 0.667 bits per heavy atom. The molecule has 5 heteroatoms. The van der Waals surface area contributed by atoms with Crippen LogP contribution in [-0.4, -0.2) is 50.2 Å². The maximum atomic E-state index is 12.2. The first kappa shape index (κ1) is 40.9. The number of rotatable bonds is 33. The zero-order valence-electron chi connectivity index (χ0n) is 28.9. The van der Waals surface area contributed by atoms with Crippen LogP contribution in [0.3, 0.4) is 0 Å². The van der Waals surface area contributed by atoms with Gasteiger partial charge in [0.2, 0.25) is 0 Å². The smallest absolute Gasteiger partial charge is 0.305 e. The summed E-state index contributed by atoms with van der Waals surface area (Å²) in [6.45, 7) is 5.09. The Hall–Kier alpha value is -1.10. The van der Waals surface area contributed by atoms with E-state index in [2.05, 4.69) is 13.8 Å². The summed E-state index contributed by atoms with van der Waals surface area (Å²) < 4.78 is 11.0. The molecule has 0 amide bonds. The highest BCUT2D eigenvalue weighted by atomic mass is 16.5. The van der Waals surface area contributed by atoms with Crippen molar-refractivity contribution in [2.75, 3.05) is 27.3 Å². The van der Waals surface area contributed by atoms with Crippen molar-refractivity contribution in [2.24, 2.45) is 0 Å². The van der Waals surface area contributed by atoms with Gasteiger partial charge in [-0.3, -0.25) is 9.59 Å². The van der Waals surface area contributed by atoms with Crippen LogP contribution in [0.1, 0.15) is 194 Å². The maximum absolute atomic E-state index is 12.2. The molecular weight excluding hydrogens is 522 g/mol. The van der Waals surface area contributed by atoms with Gasteiger partial charge in [-0.05, 0) is 26.9 Å². The summed E-state index contributed by atoms with van der Waals surface area (Å²) in [7, 11) is 3.87. The second kappa shape index (κ2) is 32.8. The van der Waals surface area contributed by atoms with Crippen LogP contribution < -0.4 is 0 Å². The van der Waals surface area contributed by atoms with Gasteiger partial charge in [-0.2, -0.15) is 0 Å². The highest BCUT2D eigenvalue weighted by Crippen LogP contribution is 2.15. The SMILES string of the molecule is CCCCCCCCCCCCCCCC(=O)OCC(COC(=O)CCCCCCCCCCCCCCC)N(C)C. The molecule has 0 bridgehead atoms. The molecule has 0 saturated heterocycles. The minimum atomic E-state index is -0.136. The summed E-state index contributed by atoms with van der Waals surface area (Å²) in [6, 6.07) is -0.101. The van der Waals surface area contributed by atoms with E-state index in [1.165, 1.54) is 141 Å². The first-order chi connectivity index (χ1) is 20.5. The number of unbranched alkanes of at least 4 members (excludes halogenated alkanes) is 24. The highest BCUT2D eigenvalue weighted by Gasteiger charge is 2.17. The first-order valence-corrected chi connectivity index (χ1v) is 18.5. The fourth-order valence-electron chi connectivity index (χ4n) is 5.44. The number of hydrogen-bond donors (Lipinski definition) is 0. The molecule has 0 aromatic rings. The van der Waals surface area contributed by atoms with Crippen molar-refractivity contribution < 1.29 is 19.1 Å². The van der Waals surface area contributed by atoms with Gasteiger partial charge in [-0.25, -0.2) is 0 Å². The molecule has 42 heavy (non-hydrogen) atoms. The third-order valence-electron chi connectivity index (χ3n) is 8.57. The summed E-state index contributed by atoms with van der Waals surface area (Å²) in [4.78, 5) is 26.4. The molecule has 0 fully saturated rings. The Labute approximate surface area is 262 Å². The van der Waals surface area contributed by atoms with E-state index in [0.29, 0.717) is 12.8 Å². The van der Waals surface area contributed by atoms with Crippen molar-refractivity contribution in [3.05, 3.63) is 0 Å². The normalized spacial score (nSPS) is 11.5. The average Bonchev–Trinajstić information content (AvgIpc) is 2.97. The number of carbonyl (C=O) groups is 2. The lowest BCUT2D eigenvalue weighted by molar-refractivity contribution is -0.149. The van der Waals surface area contributed by atoms with E-state index >= 15 is 0 Å². The molecule has 0 aliphatic rings. The Morgan fingerprint density at radius 1 is 0.429 bits per heavy atom. The number of likely N-dealkylation sites (N-methyl/N-ethyl adjacent to an activating group) is 1. The first-order valence-electron chi connectivity index (χ1n) is 18.5. The van der Waals surface area contributed by atoms with Crippen molar-refractivity contribution in [1.29, 1.82) is 0 Å². The van der Waals surface area contributed by atoms with Gasteiger partial charge in [0.25, 0.3) is 0 Å². The van der Waals surface area contributed by atoms with E-state index in [1.807, 2.05) is 19.0 Å². The van der Waals surface area contributed by atoms with Gasteiger partial charge in [0.05, 0.1) is 6.04 Å². The molecule has 0 spiro atoms. The quantitative estimate of drug-likeness (QED) is 0.0558. The van der Waals surface area contributed by atoms with Crippen LogP contribution in [0, 0.1) is 0 Å². The number of esters is 2. The number of nitrogens with zero attached hydrogens (tertiary/aromatic N) is 1. The van der Waals surface area contributed by atoms with Crippen LogP contribution in [0.15, 0.2) is 0 Å². The molecule has 5 nitrogen and oxygen atoms in total. The highest BCUT2D eigenvalue weighted by molar-refractivity contribution is 5.69. The predicted molar refractivity (Wildman–Crippen MR) is 180 cm³/mol. The lowest BCUT2D eigenvalue weighted by Gasteiger charge is -2.23. The molecule has 0 unspecified atom stereocenters. The third-order valence-corrected chi connectivity index (χ3v) is 8.57. The molecule has 0 saturated carbocycles. The topological polar surface area (TPSA) is 55.8 Å². The average molecular weight is 596 g/mol. The largest absolute Gasteiger partial charge is 0.464 e. The lowest BCUT2D eigenvalue weighted by atomic mass is 10.0. The second-order valence-electron chi connectivity index (χ2n) is 13.0. The van der Waals surface area contributed by atoms with Gasteiger partial charge in [-0.1, -0.05) is 168 Å². The van der Waals surface area contributed by atoms with Gasteiger partial charge in [0, 0.05) is 12.8 Å². The van der Waals surface area contributed by atoms with E-state index in [0.717, 1.165) is 25.7 Å². The standard InChI is InChI=1S/C37H73NO4/c1-5-7-9-11-13-15-17-19-21-23-25-27-29-31-36(39)41-33-35(38(3)4)34-42-37(40)32-30-28-26-24-22-20-18-16-14-12-10-8-6-2/h35H,5-34H2,1-4H3. The third kappa shape index (κ3) is 30.4. The van der Waals surface area contributed by atoms with Crippen LogP contribution in [0.4, 0.5) is 0 Å². The van der Waals surface area contributed by atoms with Gasteiger partial charge in [0.15, 0.2) is 0 Å². The zero-order valence-corrected chi connectivity index (χ0v) is 28.9. The zero-order chi connectivity index (χ0) is 30.9. The Kier molecular flexibility index (Phi) is 31.9. The summed E-state index contributed by atoms with van der Waals surface area (Å²) in [5.41, 5.74) is 0. The fraction of sp³-hybridized carbons (Fsp3) is 0.946. The number of ether oxygens (including phenoxy) is 2. The van der Waals surface area contributed by atoms with Crippen LogP contribution >= 0.6 is 0 Å². The summed E-state index contributed by atoms with van der Waals surface area (Å²) in [6.07, 6.45) is 34.7. The predicted octanol–water partition coefficient (Wildman–Crippen LogP) is 11.0. The molecule has 0 radical (unpaired) electrons. The Morgan fingerprint density at radius 3 is 0.905 bits per heavy atom. The molecule has 0 rings (SSSR count). The minimum Gasteiger partial charge on any atom is -0.464 e. The molecule has 250 valence electrons. The van der Waals surface area contributed by atoms with E-state index in [4.69, 9.17) is 9.47 Å². The van der Waals surface area contributed by atoms with Crippen molar-refractivity contribution in [2.45, 2.75) is 200 Å². The van der Waals surface area contributed by atoms with Crippen molar-refractivity contribution >= 4 is 11.9 Å². The Balaban J connectivity index is 3.64. The van der Waals surface area contributed by atoms with Gasteiger partial charge >= 0.3 is 11.9 Å². The van der Waals surface area contributed by atoms with E-state index in [1.54, 1.807) is 0 Å². The molecule has 0 N–H and O–H groups in total. The molecular formula is C37H73NO4. The molecule has 0 aliphatic carbocycles. The fourth-order valence-corrected chi connectivity index (χ4v) is 5.44. The minimum absolute atomic E-state index is 0.101. The van der Waals surface area contributed by atoms with Gasteiger partial charge in [-0.15, -0.1) is 0 Å². The van der Waals surface area contributed by atoms with Gasteiger partial charge in [0.1, 0.15) is 13.2 Å². The van der Waals surface area contributed by atoms with Crippen molar-refractivity contribution in [3.63, 3.8) is 0 Å². The summed E-state index contributed by atoms with van der Waals surface area (Å²) >= 11 is 0. The van der Waals surface area contributed by atoms with Crippen LogP contribution in [0.5, 0.6) is 0 Å². The van der Waals surface area contributed by atoms with Gasteiger partial charge < -0.3 is 14.4 Å². The molecule has 0 atom stereocenters. The summed E-state index contributed by atoms with van der Waals surface area (Å²) in [5.74, 6) is -0.272. The molecule has 0 aliphatic heterocycles. The molecule has 0 heterocycles. The Bertz CT molecular complexity index is 534. The molecule has 0 aromatic carbocycles. The van der Waals surface area contributed by atoms with Crippen molar-refractivity contribution in [1.82, 2.24) is 4.90 Å². The number of carbonyl (C=O) groups excluding carboxylic acids is 2. The van der Waals surface area contributed by atoms with Crippen LogP contribution in [0.25, 0.3) is 0 Å². The van der Waals surface area contributed by atoms with Crippen LogP contribution in [-0.2, 0) is 19.1 Å². The number of hydrogen-bond acceptors (Lipinski definition) is 5. The lowest BCUT2D eigenvalue weighted by Crippen LogP contribution is -2.38. The maximum Gasteiger partial charge on any atom is 0.305 e. The monoisotopic (exact) mass is 596 g/mol. The van der Waals surface area contributed by atoms with Crippen molar-refractivity contribution in [3.8, 4) is 0 Å². The van der Waals surface area contributed by atoms with E-state index < -0.39 is 0 Å².